The van der Waals surface area contributed by atoms with Gasteiger partial charge in [-0.1, -0.05) is 91.7 Å². The smallest absolute Gasteiger partial charge is 0.264 e. The van der Waals surface area contributed by atoms with Gasteiger partial charge < -0.3 is 15.0 Å². The van der Waals surface area contributed by atoms with Crippen molar-refractivity contribution in [3.63, 3.8) is 0 Å². The minimum absolute atomic E-state index is 0.00231. The van der Waals surface area contributed by atoms with E-state index in [1.54, 1.807) is 54.6 Å². The number of hydrogen-bond donors (Lipinski definition) is 1. The molecule has 0 fully saturated rings. The van der Waals surface area contributed by atoms with Crippen molar-refractivity contribution in [1.29, 1.82) is 0 Å². The first kappa shape index (κ1) is 35.5. The lowest BCUT2D eigenvalue weighted by atomic mass is 10.0. The Bertz CT molecular complexity index is 1730. The Morgan fingerprint density at radius 2 is 1.51 bits per heavy atom. The lowest BCUT2D eigenvalue weighted by Crippen LogP contribution is -2.53. The molecule has 0 saturated carbocycles. The SMILES string of the molecule is CCOc1ccc(S(=O)(=O)N(CC(=O)N(Cc2ccccc2Cl)C(Cc2ccccc2)C(=O)NCC(C)C)c2ccc(C)cc2)cc1. The fourth-order valence-electron chi connectivity index (χ4n) is 5.03. The van der Waals surface area contributed by atoms with Crippen LogP contribution in [-0.4, -0.2) is 50.9 Å². The van der Waals surface area contributed by atoms with Crippen LogP contribution in [0.5, 0.6) is 5.75 Å². The third-order valence-electron chi connectivity index (χ3n) is 7.58. The average Bonchev–Trinajstić information content (AvgIpc) is 3.06. The molecule has 0 aliphatic carbocycles. The Balaban J connectivity index is 1.79. The highest BCUT2D eigenvalue weighted by Gasteiger charge is 2.35. The second kappa shape index (κ2) is 16.5. The lowest BCUT2D eigenvalue weighted by molar-refractivity contribution is -0.140. The molecule has 4 aromatic rings. The highest BCUT2D eigenvalue weighted by Crippen LogP contribution is 2.27. The van der Waals surface area contributed by atoms with Gasteiger partial charge in [0.15, 0.2) is 0 Å². The first-order chi connectivity index (χ1) is 22.5. The molecule has 0 radical (unpaired) electrons. The van der Waals surface area contributed by atoms with Crippen LogP contribution >= 0.6 is 11.6 Å². The van der Waals surface area contributed by atoms with E-state index in [9.17, 15) is 18.0 Å². The van der Waals surface area contributed by atoms with E-state index < -0.39 is 28.5 Å². The Kier molecular flexibility index (Phi) is 12.4. The molecule has 1 N–H and O–H groups in total. The topological polar surface area (TPSA) is 96.0 Å². The van der Waals surface area contributed by atoms with Crippen molar-refractivity contribution in [2.45, 2.75) is 51.6 Å². The summed E-state index contributed by atoms with van der Waals surface area (Å²) < 4.78 is 35.1. The van der Waals surface area contributed by atoms with Crippen LogP contribution in [0.25, 0.3) is 0 Å². The number of halogens is 1. The maximum Gasteiger partial charge on any atom is 0.264 e. The van der Waals surface area contributed by atoms with E-state index >= 15 is 0 Å². The summed E-state index contributed by atoms with van der Waals surface area (Å²) in [5.74, 6) is -0.174. The van der Waals surface area contributed by atoms with Crippen molar-refractivity contribution < 1.29 is 22.7 Å². The minimum atomic E-state index is -4.23. The van der Waals surface area contributed by atoms with Crippen LogP contribution in [0.15, 0.2) is 108 Å². The van der Waals surface area contributed by atoms with Gasteiger partial charge in [0.1, 0.15) is 18.3 Å². The Labute approximate surface area is 283 Å². The number of aryl methyl sites for hydroxylation is 1. The third-order valence-corrected chi connectivity index (χ3v) is 9.73. The van der Waals surface area contributed by atoms with Crippen molar-refractivity contribution >= 4 is 39.1 Å². The molecule has 8 nitrogen and oxygen atoms in total. The number of hydrogen-bond acceptors (Lipinski definition) is 5. The number of amides is 2. The van der Waals surface area contributed by atoms with Crippen LogP contribution in [-0.2, 0) is 32.6 Å². The summed E-state index contributed by atoms with van der Waals surface area (Å²) in [5.41, 5.74) is 2.74. The summed E-state index contributed by atoms with van der Waals surface area (Å²) >= 11 is 6.57. The first-order valence-electron chi connectivity index (χ1n) is 15.7. The molecular formula is C37H42ClN3O5S. The predicted molar refractivity (Wildman–Crippen MR) is 187 cm³/mol. The monoisotopic (exact) mass is 675 g/mol. The maximum atomic E-state index is 14.6. The molecule has 4 rings (SSSR count). The Hall–Kier alpha value is -4.34. The zero-order valence-corrected chi connectivity index (χ0v) is 28.8. The molecule has 0 spiro atoms. The van der Waals surface area contributed by atoms with Gasteiger partial charge in [-0.05, 0) is 73.4 Å². The first-order valence-corrected chi connectivity index (χ1v) is 17.5. The number of carbonyl (C=O) groups excluding carboxylic acids is 2. The molecule has 0 aromatic heterocycles. The van der Waals surface area contributed by atoms with E-state index in [1.807, 2.05) is 64.1 Å². The van der Waals surface area contributed by atoms with Gasteiger partial charge in [0.2, 0.25) is 11.8 Å². The number of rotatable bonds is 15. The number of anilines is 1. The normalized spacial score (nSPS) is 12.0. The minimum Gasteiger partial charge on any atom is -0.494 e. The highest BCUT2D eigenvalue weighted by atomic mass is 35.5. The van der Waals surface area contributed by atoms with Gasteiger partial charge in [0.05, 0.1) is 17.2 Å². The van der Waals surface area contributed by atoms with Gasteiger partial charge in [-0.2, -0.15) is 0 Å². The summed E-state index contributed by atoms with van der Waals surface area (Å²) in [6, 6.07) is 28.6. The van der Waals surface area contributed by atoms with E-state index in [1.165, 1.54) is 17.0 Å². The van der Waals surface area contributed by atoms with Crippen LogP contribution in [0, 0.1) is 12.8 Å². The summed E-state index contributed by atoms with van der Waals surface area (Å²) in [4.78, 5) is 29.9. The van der Waals surface area contributed by atoms with Crippen LogP contribution in [0.3, 0.4) is 0 Å². The highest BCUT2D eigenvalue weighted by molar-refractivity contribution is 7.92. The number of nitrogens with one attached hydrogen (secondary N) is 1. The summed E-state index contributed by atoms with van der Waals surface area (Å²) in [6.45, 7) is 8.02. The van der Waals surface area contributed by atoms with E-state index in [-0.39, 0.29) is 29.7 Å². The molecule has 2 amide bonds. The molecule has 47 heavy (non-hydrogen) atoms. The van der Waals surface area contributed by atoms with Gasteiger partial charge in [0, 0.05) is 24.5 Å². The molecule has 10 heteroatoms. The number of sulfonamides is 1. The fourth-order valence-corrected chi connectivity index (χ4v) is 6.64. The molecule has 4 aromatic carbocycles. The summed E-state index contributed by atoms with van der Waals surface area (Å²) in [5, 5.41) is 3.43. The van der Waals surface area contributed by atoms with Crippen molar-refractivity contribution in [3.8, 4) is 5.75 Å². The third kappa shape index (κ3) is 9.59. The molecule has 0 bridgehead atoms. The van der Waals surface area contributed by atoms with Crippen molar-refractivity contribution in [2.75, 3.05) is 24.0 Å². The van der Waals surface area contributed by atoms with Gasteiger partial charge in [-0.25, -0.2) is 8.42 Å². The fraction of sp³-hybridized carbons (Fsp3) is 0.297. The van der Waals surface area contributed by atoms with E-state index in [4.69, 9.17) is 16.3 Å². The van der Waals surface area contributed by atoms with Crippen LogP contribution in [0.4, 0.5) is 5.69 Å². The average molecular weight is 676 g/mol. The maximum absolute atomic E-state index is 14.6. The van der Waals surface area contributed by atoms with Crippen LogP contribution < -0.4 is 14.4 Å². The molecule has 0 saturated heterocycles. The zero-order chi connectivity index (χ0) is 34.0. The van der Waals surface area contributed by atoms with Gasteiger partial charge in [-0.15, -0.1) is 0 Å². The second-order valence-corrected chi connectivity index (χ2v) is 14.0. The molecular weight excluding hydrogens is 634 g/mol. The number of carbonyl (C=O) groups is 2. The molecule has 0 aliphatic rings. The van der Waals surface area contributed by atoms with Gasteiger partial charge in [0.25, 0.3) is 10.0 Å². The lowest BCUT2D eigenvalue weighted by Gasteiger charge is -2.34. The van der Waals surface area contributed by atoms with E-state index in [2.05, 4.69) is 5.32 Å². The zero-order valence-electron chi connectivity index (χ0n) is 27.2. The van der Waals surface area contributed by atoms with Gasteiger partial charge >= 0.3 is 0 Å². The molecule has 248 valence electrons. The number of ether oxygens (including phenoxy) is 1. The van der Waals surface area contributed by atoms with Crippen LogP contribution in [0.2, 0.25) is 5.02 Å². The summed E-state index contributed by atoms with van der Waals surface area (Å²) in [7, 11) is -4.23. The van der Waals surface area contributed by atoms with Gasteiger partial charge in [-0.3, -0.25) is 13.9 Å². The number of benzene rings is 4. The summed E-state index contributed by atoms with van der Waals surface area (Å²) in [6.07, 6.45) is 0.219. The number of nitrogens with zero attached hydrogens (tertiary/aromatic N) is 2. The predicted octanol–water partition coefficient (Wildman–Crippen LogP) is 6.65. The molecule has 1 unspecified atom stereocenters. The Morgan fingerprint density at radius 1 is 0.872 bits per heavy atom. The Morgan fingerprint density at radius 3 is 2.13 bits per heavy atom. The van der Waals surface area contributed by atoms with Crippen molar-refractivity contribution in [2.24, 2.45) is 5.92 Å². The second-order valence-electron chi connectivity index (χ2n) is 11.7. The quantitative estimate of drug-likeness (QED) is 0.152. The van der Waals surface area contributed by atoms with E-state index in [0.29, 0.717) is 35.2 Å². The largest absolute Gasteiger partial charge is 0.494 e. The van der Waals surface area contributed by atoms with E-state index in [0.717, 1.165) is 15.4 Å². The molecule has 0 heterocycles. The van der Waals surface area contributed by atoms with Crippen molar-refractivity contribution in [1.82, 2.24) is 10.2 Å². The molecule has 0 aliphatic heterocycles. The van der Waals surface area contributed by atoms with Crippen LogP contribution in [0.1, 0.15) is 37.5 Å². The molecule has 1 atom stereocenters. The standard InChI is InChI=1S/C37H42ClN3O5S/c1-5-46-32-19-21-33(22-20-32)47(44,45)41(31-17-15-28(4)16-18-31)26-36(42)40(25-30-13-9-10-14-34(30)38)35(37(43)39-24-27(2)3)23-29-11-7-6-8-12-29/h6-22,27,35H,5,23-26H2,1-4H3,(H,39,43). The van der Waals surface area contributed by atoms with Crippen molar-refractivity contribution in [3.05, 3.63) is 125 Å².